The van der Waals surface area contributed by atoms with Crippen molar-refractivity contribution in [2.24, 2.45) is 10.9 Å². The molecule has 0 spiro atoms. The Balaban J connectivity index is 0. The summed E-state index contributed by atoms with van der Waals surface area (Å²) >= 11 is 0. The molecular weight excluding hydrogens is 426 g/mol. The van der Waals surface area contributed by atoms with E-state index >= 15 is 0 Å². The van der Waals surface area contributed by atoms with Crippen LogP contribution in [0.15, 0.2) is 35.5 Å². The van der Waals surface area contributed by atoms with E-state index in [1.165, 1.54) is 16.7 Å². The van der Waals surface area contributed by atoms with E-state index in [2.05, 4.69) is 37.0 Å². The van der Waals surface area contributed by atoms with Crippen LogP contribution in [-0.4, -0.2) is 29.4 Å². The number of hydrogen-bond donors (Lipinski definition) is 1. The Bertz CT molecular complexity index is 738. The Morgan fingerprint density at radius 3 is 2.32 bits per heavy atom. The quantitative estimate of drug-likeness (QED) is 0.163. The topological polar surface area (TPSA) is 83.8 Å². The summed E-state index contributed by atoms with van der Waals surface area (Å²) in [7, 11) is 0. The van der Waals surface area contributed by atoms with Crippen LogP contribution in [0.3, 0.4) is 0 Å². The molecule has 0 heterocycles. The van der Waals surface area contributed by atoms with Crippen LogP contribution >= 0.6 is 0 Å². The summed E-state index contributed by atoms with van der Waals surface area (Å²) in [6.07, 6.45) is 14.7. The predicted octanol–water partition coefficient (Wildman–Crippen LogP) is 7.46. The van der Waals surface area contributed by atoms with Crippen LogP contribution in [0.1, 0.15) is 102 Å². The number of Topliss-reactive ketones (excluding diaryl/α,β-unsaturated/α-hetero) is 1. The zero-order valence-corrected chi connectivity index (χ0v) is 22.3. The zero-order valence-electron chi connectivity index (χ0n) is 22.3. The van der Waals surface area contributed by atoms with Gasteiger partial charge in [-0.05, 0) is 77.3 Å². The summed E-state index contributed by atoms with van der Waals surface area (Å²) in [5, 5.41) is 8.56. The van der Waals surface area contributed by atoms with Crippen molar-refractivity contribution in [2.45, 2.75) is 106 Å². The Morgan fingerprint density at radius 2 is 1.76 bits per heavy atom. The van der Waals surface area contributed by atoms with Gasteiger partial charge in [0.25, 0.3) is 0 Å². The van der Waals surface area contributed by atoms with Gasteiger partial charge in [0, 0.05) is 24.8 Å². The molecule has 0 saturated carbocycles. The molecule has 1 atom stereocenters. The maximum absolute atomic E-state index is 10.8. The molecule has 0 aliphatic rings. The van der Waals surface area contributed by atoms with Crippen molar-refractivity contribution in [1.29, 1.82) is 0 Å². The number of rotatable bonds is 15. The number of carboxylic acids is 1. The van der Waals surface area contributed by atoms with E-state index in [-0.39, 0.29) is 12.3 Å². The fraction of sp³-hybridized carbons (Fsp3) is 0.586. The first-order valence-electron chi connectivity index (χ1n) is 12.7. The summed E-state index contributed by atoms with van der Waals surface area (Å²) < 4.78 is 0. The molecule has 34 heavy (non-hydrogen) atoms. The summed E-state index contributed by atoms with van der Waals surface area (Å²) in [6, 6.07) is 6.59. The van der Waals surface area contributed by atoms with E-state index in [1.54, 1.807) is 13.1 Å². The molecule has 192 valence electrons. The van der Waals surface area contributed by atoms with E-state index in [4.69, 9.17) is 5.11 Å². The van der Waals surface area contributed by atoms with Crippen molar-refractivity contribution in [3.05, 3.63) is 47.2 Å². The molecule has 1 unspecified atom stereocenters. The highest BCUT2D eigenvalue weighted by Crippen LogP contribution is 2.14. The lowest BCUT2D eigenvalue weighted by Gasteiger charge is -2.06. The van der Waals surface area contributed by atoms with Crippen LogP contribution in [0.2, 0.25) is 0 Å². The van der Waals surface area contributed by atoms with Gasteiger partial charge < -0.3 is 14.7 Å². The smallest absolute Gasteiger partial charge is 0.304 e. The second-order valence-electron chi connectivity index (χ2n) is 8.29. The predicted molar refractivity (Wildman–Crippen MR) is 144 cm³/mol. The van der Waals surface area contributed by atoms with Crippen LogP contribution in [-0.2, 0) is 20.8 Å². The number of hydrogen-bond acceptors (Lipinski definition) is 4. The minimum Gasteiger partial charge on any atom is -0.481 e. The molecule has 0 bridgehead atoms. The molecule has 1 rings (SSSR count). The molecule has 5 heteroatoms. The molecule has 0 fully saturated rings. The number of aliphatic carboxylic acids is 1. The SMILES string of the molecule is C/C=C\N=CCCCCCC(C=O)CC(=O)O.CC.CC(=O)CCCCc1ccc(C)cc1C. The molecule has 0 amide bonds. The molecule has 0 aliphatic heterocycles. The number of aldehydes is 1. The Kier molecular flexibility index (Phi) is 23.3. The van der Waals surface area contributed by atoms with Gasteiger partial charge in [0.15, 0.2) is 0 Å². The number of benzene rings is 1. The van der Waals surface area contributed by atoms with Gasteiger partial charge in [-0.1, -0.05) is 56.5 Å². The van der Waals surface area contributed by atoms with E-state index in [0.717, 1.165) is 57.7 Å². The molecule has 0 saturated heterocycles. The zero-order chi connectivity index (χ0) is 26.2. The first-order chi connectivity index (χ1) is 16.3. The van der Waals surface area contributed by atoms with Crippen molar-refractivity contribution in [2.75, 3.05) is 0 Å². The lowest BCUT2D eigenvalue weighted by Crippen LogP contribution is -2.08. The number of aryl methyl sites for hydroxylation is 3. The summed E-state index contributed by atoms with van der Waals surface area (Å²) in [5.41, 5.74) is 4.11. The van der Waals surface area contributed by atoms with E-state index in [0.29, 0.717) is 12.2 Å². The number of aliphatic imine (C=N–C) groups is 1. The maximum Gasteiger partial charge on any atom is 0.304 e. The number of carboxylic acid groups (broad SMARTS) is 1. The number of carbonyl (C=O) groups excluding carboxylic acids is 2. The van der Waals surface area contributed by atoms with Gasteiger partial charge in [0.05, 0.1) is 6.42 Å². The van der Waals surface area contributed by atoms with Gasteiger partial charge >= 0.3 is 5.97 Å². The van der Waals surface area contributed by atoms with E-state index in [9.17, 15) is 14.4 Å². The van der Waals surface area contributed by atoms with Gasteiger partial charge in [-0.15, -0.1) is 0 Å². The number of carbonyl (C=O) groups is 3. The Hall–Kier alpha value is -2.56. The van der Waals surface area contributed by atoms with E-state index < -0.39 is 5.97 Å². The highest BCUT2D eigenvalue weighted by Gasteiger charge is 2.11. The van der Waals surface area contributed by atoms with Gasteiger partial charge in [-0.25, -0.2) is 0 Å². The molecule has 0 aliphatic carbocycles. The monoisotopic (exact) mass is 473 g/mol. The van der Waals surface area contributed by atoms with Crippen LogP contribution in [0, 0.1) is 19.8 Å². The highest BCUT2D eigenvalue weighted by atomic mass is 16.4. The van der Waals surface area contributed by atoms with Crippen molar-refractivity contribution in [3.8, 4) is 0 Å². The summed E-state index contributed by atoms with van der Waals surface area (Å²) in [4.78, 5) is 35.8. The molecule has 5 nitrogen and oxygen atoms in total. The Labute approximate surface area is 207 Å². The number of unbranched alkanes of at least 4 members (excludes halogenated alkanes) is 4. The number of ketones is 1. The third kappa shape index (κ3) is 21.3. The fourth-order valence-electron chi connectivity index (χ4n) is 3.30. The minimum absolute atomic E-state index is 0.0494. The summed E-state index contributed by atoms with van der Waals surface area (Å²) in [5.74, 6) is -0.930. The molecule has 1 aromatic rings. The van der Waals surface area contributed by atoms with Gasteiger partial charge in [0.2, 0.25) is 0 Å². The highest BCUT2D eigenvalue weighted by molar-refractivity contribution is 5.75. The normalized spacial score (nSPS) is 11.4. The number of nitrogens with zero attached hydrogens (tertiary/aromatic N) is 1. The van der Waals surface area contributed by atoms with Crippen LogP contribution in [0.25, 0.3) is 0 Å². The third-order valence-corrected chi connectivity index (χ3v) is 5.10. The lowest BCUT2D eigenvalue weighted by molar-refractivity contribution is -0.139. The van der Waals surface area contributed by atoms with Crippen molar-refractivity contribution in [3.63, 3.8) is 0 Å². The molecule has 0 aromatic heterocycles. The molecule has 1 N–H and O–H groups in total. The lowest BCUT2D eigenvalue weighted by atomic mass is 9.99. The second kappa shape index (κ2) is 23.6. The average Bonchev–Trinajstić information content (AvgIpc) is 2.80. The molecule has 1 aromatic carbocycles. The second-order valence-corrected chi connectivity index (χ2v) is 8.29. The average molecular weight is 474 g/mol. The fourth-order valence-corrected chi connectivity index (χ4v) is 3.30. The van der Waals surface area contributed by atoms with Crippen LogP contribution in [0.5, 0.6) is 0 Å². The van der Waals surface area contributed by atoms with Crippen molar-refractivity contribution < 1.29 is 19.5 Å². The molecular formula is C29H47NO4. The largest absolute Gasteiger partial charge is 0.481 e. The first kappa shape index (κ1) is 33.6. The molecule has 0 radical (unpaired) electrons. The third-order valence-electron chi connectivity index (χ3n) is 5.10. The van der Waals surface area contributed by atoms with E-state index in [1.807, 2.05) is 33.1 Å². The maximum atomic E-state index is 10.8. The first-order valence-corrected chi connectivity index (χ1v) is 12.7. The van der Waals surface area contributed by atoms with Crippen LogP contribution in [0.4, 0.5) is 0 Å². The van der Waals surface area contributed by atoms with Gasteiger partial charge in [0.1, 0.15) is 12.1 Å². The van der Waals surface area contributed by atoms with Crippen molar-refractivity contribution >= 4 is 24.3 Å². The van der Waals surface area contributed by atoms with Crippen LogP contribution < -0.4 is 0 Å². The number of allylic oxidation sites excluding steroid dienone is 1. The standard InChI is InChI=1S/C14H20O.C13H21NO3.C2H6/c1-11-8-9-14(12(2)10-11)7-5-4-6-13(3)15;1-2-8-14-9-6-4-3-5-7-12(11-15)10-13(16)17;1-2/h8-10H,4-7H2,1-3H3;2,8-9,11-12H,3-7,10H2,1H3,(H,16,17);1-2H3/b;8-2-,14-9?;. The minimum atomic E-state index is -0.902. The van der Waals surface area contributed by atoms with Gasteiger partial charge in [-0.2, -0.15) is 0 Å². The Morgan fingerprint density at radius 1 is 1.06 bits per heavy atom. The van der Waals surface area contributed by atoms with Gasteiger partial charge in [-0.3, -0.25) is 9.79 Å². The van der Waals surface area contributed by atoms with Crippen molar-refractivity contribution in [1.82, 2.24) is 0 Å². The summed E-state index contributed by atoms with van der Waals surface area (Å²) in [6.45, 7) is 11.9.